The van der Waals surface area contributed by atoms with Crippen LogP contribution in [-0.2, 0) is 0 Å². The summed E-state index contributed by atoms with van der Waals surface area (Å²) in [7, 11) is 1.62. The van der Waals surface area contributed by atoms with E-state index in [1.54, 1.807) is 25.3 Å². The summed E-state index contributed by atoms with van der Waals surface area (Å²) in [5.74, 6) is 0.573. The lowest BCUT2D eigenvalue weighted by atomic mass is 10.2. The van der Waals surface area contributed by atoms with Gasteiger partial charge < -0.3 is 4.74 Å². The van der Waals surface area contributed by atoms with Gasteiger partial charge in [-0.3, -0.25) is 10.1 Å². The van der Waals surface area contributed by atoms with E-state index in [0.29, 0.717) is 10.7 Å². The number of anilines is 1. The van der Waals surface area contributed by atoms with E-state index in [1.165, 1.54) is 11.3 Å². The van der Waals surface area contributed by atoms with Crippen molar-refractivity contribution in [3.63, 3.8) is 0 Å². The largest absolute Gasteiger partial charge is 0.497 e. The van der Waals surface area contributed by atoms with Crippen LogP contribution < -0.4 is 10.1 Å². The van der Waals surface area contributed by atoms with E-state index in [-0.39, 0.29) is 5.91 Å². The Balaban J connectivity index is 1.86. The molecule has 3 rings (SSSR count). The Labute approximate surface area is 131 Å². The van der Waals surface area contributed by atoms with Crippen molar-refractivity contribution >= 4 is 45.2 Å². The molecule has 0 aliphatic heterocycles. The first-order chi connectivity index (χ1) is 10.2. The maximum absolute atomic E-state index is 12.2. The van der Waals surface area contributed by atoms with Crippen molar-refractivity contribution < 1.29 is 9.53 Å². The van der Waals surface area contributed by atoms with Crippen LogP contribution in [0.1, 0.15) is 10.4 Å². The molecule has 0 radical (unpaired) electrons. The minimum Gasteiger partial charge on any atom is -0.497 e. The summed E-state index contributed by atoms with van der Waals surface area (Å²) in [5.41, 5.74) is 1.39. The van der Waals surface area contributed by atoms with Crippen molar-refractivity contribution in [2.75, 3.05) is 12.4 Å². The highest BCUT2D eigenvalue weighted by atomic mass is 32.1. The molecular weight excluding hydrogens is 304 g/mol. The lowest BCUT2D eigenvalue weighted by molar-refractivity contribution is 0.102. The quantitative estimate of drug-likeness (QED) is 0.722. The van der Waals surface area contributed by atoms with Gasteiger partial charge in [-0.1, -0.05) is 17.4 Å². The van der Waals surface area contributed by atoms with E-state index in [4.69, 9.17) is 4.74 Å². The molecule has 0 saturated carbocycles. The van der Waals surface area contributed by atoms with Gasteiger partial charge >= 0.3 is 0 Å². The maximum Gasteiger partial charge on any atom is 0.257 e. The number of aromatic nitrogens is 1. The lowest BCUT2D eigenvalue weighted by Crippen LogP contribution is -2.11. The molecule has 2 aromatic carbocycles. The molecule has 0 saturated heterocycles. The average molecular weight is 316 g/mol. The van der Waals surface area contributed by atoms with Crippen LogP contribution in [0.2, 0.25) is 0 Å². The number of ether oxygens (including phenoxy) is 1. The molecular formula is C15H12N2O2S2. The molecule has 1 heterocycles. The number of nitrogens with zero attached hydrogens (tertiary/aromatic N) is 1. The molecule has 0 unspecified atom stereocenters. The van der Waals surface area contributed by atoms with Crippen molar-refractivity contribution in [3.8, 4) is 5.75 Å². The summed E-state index contributed by atoms with van der Waals surface area (Å²) in [4.78, 5) is 17.3. The fourth-order valence-electron chi connectivity index (χ4n) is 1.90. The molecule has 1 aromatic heterocycles. The van der Waals surface area contributed by atoms with Crippen LogP contribution in [0, 0.1) is 0 Å². The predicted octanol–water partition coefficient (Wildman–Crippen LogP) is 3.85. The zero-order valence-corrected chi connectivity index (χ0v) is 12.9. The SMILES string of the molecule is COc1ccc2nc(NC(=O)c3cccc(S)c3)sc2c1. The second-order valence-electron chi connectivity index (χ2n) is 4.36. The topological polar surface area (TPSA) is 51.2 Å². The molecule has 0 spiro atoms. The summed E-state index contributed by atoms with van der Waals surface area (Å²) in [6, 6.07) is 12.7. The molecule has 0 bridgehead atoms. The number of hydrogen-bond acceptors (Lipinski definition) is 5. The van der Waals surface area contributed by atoms with Gasteiger partial charge in [0.2, 0.25) is 0 Å². The molecule has 4 nitrogen and oxygen atoms in total. The molecule has 0 atom stereocenters. The van der Waals surface area contributed by atoms with E-state index in [0.717, 1.165) is 20.9 Å². The Hall–Kier alpha value is -2.05. The summed E-state index contributed by atoms with van der Waals surface area (Å²) >= 11 is 5.64. The van der Waals surface area contributed by atoms with Crippen LogP contribution in [0.5, 0.6) is 5.75 Å². The number of carbonyl (C=O) groups excluding carboxylic acids is 1. The van der Waals surface area contributed by atoms with E-state index in [9.17, 15) is 4.79 Å². The molecule has 0 aliphatic carbocycles. The van der Waals surface area contributed by atoms with Crippen LogP contribution in [0.15, 0.2) is 47.4 Å². The molecule has 6 heteroatoms. The molecule has 1 amide bonds. The average Bonchev–Trinajstić information content (AvgIpc) is 2.88. The minimum atomic E-state index is -0.197. The Morgan fingerprint density at radius 3 is 2.90 bits per heavy atom. The van der Waals surface area contributed by atoms with Crippen molar-refractivity contribution in [3.05, 3.63) is 48.0 Å². The fraction of sp³-hybridized carbons (Fsp3) is 0.0667. The number of methoxy groups -OCH3 is 1. The van der Waals surface area contributed by atoms with E-state index >= 15 is 0 Å². The van der Waals surface area contributed by atoms with Gasteiger partial charge in [-0.2, -0.15) is 0 Å². The Morgan fingerprint density at radius 1 is 1.29 bits per heavy atom. The standard InChI is InChI=1S/C15H12N2O2S2/c1-19-10-5-6-12-13(8-10)21-15(16-12)17-14(18)9-3-2-4-11(20)7-9/h2-8,20H,1H3,(H,16,17,18). The van der Waals surface area contributed by atoms with Crippen LogP contribution in [0.3, 0.4) is 0 Å². The normalized spacial score (nSPS) is 10.6. The van der Waals surface area contributed by atoms with Gasteiger partial charge in [0.15, 0.2) is 5.13 Å². The second kappa shape index (κ2) is 5.75. The molecule has 21 heavy (non-hydrogen) atoms. The Kier molecular flexibility index (Phi) is 3.81. The number of thiazole rings is 1. The highest BCUT2D eigenvalue weighted by Gasteiger charge is 2.10. The summed E-state index contributed by atoms with van der Waals surface area (Å²) in [6.45, 7) is 0. The monoisotopic (exact) mass is 316 g/mol. The van der Waals surface area contributed by atoms with Gasteiger partial charge in [0.1, 0.15) is 5.75 Å². The predicted molar refractivity (Wildman–Crippen MR) is 87.8 cm³/mol. The van der Waals surface area contributed by atoms with Crippen molar-refractivity contribution in [2.45, 2.75) is 4.90 Å². The maximum atomic E-state index is 12.2. The third-order valence-electron chi connectivity index (χ3n) is 2.92. The first kappa shape index (κ1) is 13.9. The Bertz CT molecular complexity index is 814. The number of amides is 1. The first-order valence-electron chi connectivity index (χ1n) is 6.20. The highest BCUT2D eigenvalue weighted by molar-refractivity contribution is 7.80. The van der Waals surface area contributed by atoms with Crippen LogP contribution in [-0.4, -0.2) is 18.0 Å². The van der Waals surface area contributed by atoms with Crippen LogP contribution in [0.25, 0.3) is 10.2 Å². The van der Waals surface area contributed by atoms with Gasteiger partial charge in [0.05, 0.1) is 17.3 Å². The van der Waals surface area contributed by atoms with Crippen molar-refractivity contribution in [1.82, 2.24) is 4.98 Å². The summed E-state index contributed by atoms with van der Waals surface area (Å²) in [5, 5.41) is 3.37. The van der Waals surface area contributed by atoms with Gasteiger partial charge in [-0.15, -0.1) is 12.6 Å². The molecule has 1 N–H and O–H groups in total. The summed E-state index contributed by atoms with van der Waals surface area (Å²) < 4.78 is 6.14. The fourth-order valence-corrected chi connectivity index (χ4v) is 3.02. The Morgan fingerprint density at radius 2 is 2.14 bits per heavy atom. The highest BCUT2D eigenvalue weighted by Crippen LogP contribution is 2.29. The second-order valence-corrected chi connectivity index (χ2v) is 5.90. The van der Waals surface area contributed by atoms with Crippen LogP contribution in [0.4, 0.5) is 5.13 Å². The van der Waals surface area contributed by atoms with Crippen molar-refractivity contribution in [1.29, 1.82) is 0 Å². The number of fused-ring (bicyclic) bond motifs is 1. The number of carbonyl (C=O) groups is 1. The van der Waals surface area contributed by atoms with E-state index in [2.05, 4.69) is 22.9 Å². The van der Waals surface area contributed by atoms with Gasteiger partial charge in [-0.25, -0.2) is 4.98 Å². The van der Waals surface area contributed by atoms with E-state index < -0.39 is 0 Å². The minimum absolute atomic E-state index is 0.197. The van der Waals surface area contributed by atoms with Gasteiger partial charge in [0.25, 0.3) is 5.91 Å². The first-order valence-corrected chi connectivity index (χ1v) is 7.47. The van der Waals surface area contributed by atoms with Crippen LogP contribution >= 0.6 is 24.0 Å². The number of benzene rings is 2. The number of thiol groups is 1. The smallest absolute Gasteiger partial charge is 0.257 e. The molecule has 0 fully saturated rings. The third kappa shape index (κ3) is 3.01. The number of rotatable bonds is 3. The van der Waals surface area contributed by atoms with E-state index in [1.807, 2.05) is 24.3 Å². The van der Waals surface area contributed by atoms with Gasteiger partial charge in [0, 0.05) is 10.5 Å². The molecule has 3 aromatic rings. The third-order valence-corrected chi connectivity index (χ3v) is 4.14. The zero-order chi connectivity index (χ0) is 14.8. The number of nitrogens with one attached hydrogen (secondary N) is 1. The molecule has 106 valence electrons. The molecule has 0 aliphatic rings. The van der Waals surface area contributed by atoms with Gasteiger partial charge in [-0.05, 0) is 36.4 Å². The number of hydrogen-bond donors (Lipinski definition) is 2. The zero-order valence-electron chi connectivity index (χ0n) is 11.2. The summed E-state index contributed by atoms with van der Waals surface area (Å²) in [6.07, 6.45) is 0. The lowest BCUT2D eigenvalue weighted by Gasteiger charge is -2.01. The van der Waals surface area contributed by atoms with Crippen molar-refractivity contribution in [2.24, 2.45) is 0 Å².